The minimum Gasteiger partial charge on any atom is -0.493 e. The van der Waals surface area contributed by atoms with Crippen LogP contribution in [0.15, 0.2) is 31.4 Å². The first kappa shape index (κ1) is 27.5. The number of unbranched alkanes of at least 4 members (excludes halogenated alkanes) is 17. The molecule has 0 atom stereocenters. The molecule has 0 bridgehead atoms. The topological polar surface area (TPSA) is 9.23 Å². The van der Waals surface area contributed by atoms with Crippen molar-refractivity contribution in [1.29, 1.82) is 0 Å². The van der Waals surface area contributed by atoms with E-state index in [1.54, 1.807) is 0 Å². The Hall–Kier alpha value is -1.50. The molecule has 0 spiro atoms. The van der Waals surface area contributed by atoms with E-state index in [1.165, 1.54) is 109 Å². The summed E-state index contributed by atoms with van der Waals surface area (Å²) in [5.74, 6) is 0.930. The Labute approximate surface area is 194 Å². The molecule has 1 heteroatoms. The van der Waals surface area contributed by atoms with Gasteiger partial charge in [0.15, 0.2) is 0 Å². The lowest BCUT2D eigenvalue weighted by molar-refractivity contribution is 0.303. The second-order valence-electron chi connectivity index (χ2n) is 9.06. The van der Waals surface area contributed by atoms with E-state index in [-0.39, 0.29) is 0 Å². The molecule has 0 heterocycles. The summed E-state index contributed by atoms with van der Waals surface area (Å²) in [6.07, 6.45) is 29.0. The summed E-state index contributed by atoms with van der Waals surface area (Å²) < 4.78 is 5.98. The highest BCUT2D eigenvalue weighted by Crippen LogP contribution is 2.23. The van der Waals surface area contributed by atoms with Crippen molar-refractivity contribution in [3.8, 4) is 5.75 Å². The standard InChI is InChI=1S/C30H50O/c1-4-7-8-9-10-11-12-13-14-15-16-17-18-19-20-21-22-23-26-31-30-27-28(5-2)24-25-29(30)6-3/h5-6,24-25,27H,2-4,7-23,26H2,1H3. The fourth-order valence-electron chi connectivity index (χ4n) is 4.16. The molecule has 0 saturated carbocycles. The molecule has 31 heavy (non-hydrogen) atoms. The highest BCUT2D eigenvalue weighted by Gasteiger charge is 2.02. The van der Waals surface area contributed by atoms with Gasteiger partial charge in [-0.2, -0.15) is 0 Å². The van der Waals surface area contributed by atoms with Crippen molar-refractivity contribution in [3.63, 3.8) is 0 Å². The third-order valence-electron chi connectivity index (χ3n) is 6.25. The predicted octanol–water partition coefficient (Wildman–Crippen LogP) is 10.4. The van der Waals surface area contributed by atoms with Gasteiger partial charge in [-0.05, 0) is 18.1 Å². The molecule has 0 aliphatic carbocycles. The maximum atomic E-state index is 5.98. The van der Waals surface area contributed by atoms with Gasteiger partial charge in [-0.1, -0.05) is 154 Å². The fourth-order valence-corrected chi connectivity index (χ4v) is 4.16. The minimum atomic E-state index is 0.792. The lowest BCUT2D eigenvalue weighted by Gasteiger charge is -2.10. The fraction of sp³-hybridized carbons (Fsp3) is 0.667. The van der Waals surface area contributed by atoms with Crippen LogP contribution in [0.3, 0.4) is 0 Å². The molecule has 0 aliphatic rings. The first-order valence-corrected chi connectivity index (χ1v) is 13.3. The second-order valence-corrected chi connectivity index (χ2v) is 9.06. The maximum absolute atomic E-state index is 5.98. The smallest absolute Gasteiger partial charge is 0.127 e. The Kier molecular flexibility index (Phi) is 18.1. The molecule has 0 fully saturated rings. The molecule has 1 nitrogen and oxygen atoms in total. The van der Waals surface area contributed by atoms with Gasteiger partial charge in [-0.25, -0.2) is 0 Å². The van der Waals surface area contributed by atoms with Crippen LogP contribution in [-0.4, -0.2) is 6.61 Å². The number of hydrogen-bond donors (Lipinski definition) is 0. The van der Waals surface area contributed by atoms with Crippen molar-refractivity contribution in [2.24, 2.45) is 0 Å². The zero-order chi connectivity index (χ0) is 22.4. The molecule has 176 valence electrons. The van der Waals surface area contributed by atoms with Crippen LogP contribution in [0, 0.1) is 0 Å². The lowest BCUT2D eigenvalue weighted by Crippen LogP contribution is -1.99. The first-order valence-electron chi connectivity index (χ1n) is 13.3. The summed E-state index contributed by atoms with van der Waals surface area (Å²) in [5.41, 5.74) is 2.16. The van der Waals surface area contributed by atoms with Crippen molar-refractivity contribution >= 4 is 12.2 Å². The van der Waals surface area contributed by atoms with Crippen molar-refractivity contribution in [1.82, 2.24) is 0 Å². The molecule has 0 amide bonds. The van der Waals surface area contributed by atoms with Gasteiger partial charge in [-0.15, -0.1) is 0 Å². The van der Waals surface area contributed by atoms with E-state index in [9.17, 15) is 0 Å². The van der Waals surface area contributed by atoms with E-state index < -0.39 is 0 Å². The number of benzene rings is 1. The normalized spacial score (nSPS) is 10.9. The van der Waals surface area contributed by atoms with Crippen LogP contribution in [-0.2, 0) is 0 Å². The molecule has 1 aromatic rings. The zero-order valence-corrected chi connectivity index (χ0v) is 20.6. The summed E-state index contributed by atoms with van der Waals surface area (Å²) in [5, 5.41) is 0. The quantitative estimate of drug-likeness (QED) is 0.167. The van der Waals surface area contributed by atoms with E-state index in [4.69, 9.17) is 4.74 Å². The van der Waals surface area contributed by atoms with Crippen LogP contribution in [0.1, 0.15) is 134 Å². The Morgan fingerprint density at radius 1 is 0.613 bits per heavy atom. The Morgan fingerprint density at radius 2 is 1.06 bits per heavy atom. The largest absolute Gasteiger partial charge is 0.493 e. The van der Waals surface area contributed by atoms with Crippen LogP contribution in [0.25, 0.3) is 12.2 Å². The van der Waals surface area contributed by atoms with Gasteiger partial charge in [0.05, 0.1) is 6.61 Å². The average Bonchev–Trinajstić information content (AvgIpc) is 2.80. The molecule has 1 aromatic carbocycles. The highest BCUT2D eigenvalue weighted by atomic mass is 16.5. The maximum Gasteiger partial charge on any atom is 0.127 e. The van der Waals surface area contributed by atoms with Gasteiger partial charge in [0.2, 0.25) is 0 Å². The van der Waals surface area contributed by atoms with Crippen molar-refractivity contribution in [2.45, 2.75) is 122 Å². The van der Waals surface area contributed by atoms with Gasteiger partial charge < -0.3 is 4.74 Å². The second kappa shape index (κ2) is 20.4. The molecular formula is C30H50O. The van der Waals surface area contributed by atoms with Gasteiger partial charge in [-0.3, -0.25) is 0 Å². The lowest BCUT2D eigenvalue weighted by atomic mass is 10.0. The van der Waals surface area contributed by atoms with Crippen molar-refractivity contribution in [3.05, 3.63) is 42.5 Å². The van der Waals surface area contributed by atoms with Crippen LogP contribution in [0.4, 0.5) is 0 Å². The average molecular weight is 427 g/mol. The van der Waals surface area contributed by atoms with Crippen LogP contribution in [0.2, 0.25) is 0 Å². The molecule has 0 aliphatic heterocycles. The monoisotopic (exact) mass is 426 g/mol. The summed E-state index contributed by atoms with van der Waals surface area (Å²) in [4.78, 5) is 0. The number of hydrogen-bond acceptors (Lipinski definition) is 1. The van der Waals surface area contributed by atoms with E-state index in [2.05, 4.69) is 32.2 Å². The van der Waals surface area contributed by atoms with Gasteiger partial charge >= 0.3 is 0 Å². The SMILES string of the molecule is C=Cc1ccc(C=C)c(OCCCCCCCCCCCCCCCCCCCC)c1. The molecule has 0 aromatic heterocycles. The van der Waals surface area contributed by atoms with Crippen LogP contribution < -0.4 is 4.74 Å². The first-order chi connectivity index (χ1) is 15.3. The van der Waals surface area contributed by atoms with E-state index in [1.807, 2.05) is 18.2 Å². The predicted molar refractivity (Wildman–Crippen MR) is 141 cm³/mol. The number of rotatable bonds is 22. The third kappa shape index (κ3) is 15.0. The molecule has 0 unspecified atom stereocenters. The van der Waals surface area contributed by atoms with E-state index in [0.29, 0.717) is 0 Å². The van der Waals surface area contributed by atoms with Crippen LogP contribution in [0.5, 0.6) is 5.75 Å². The van der Waals surface area contributed by atoms with Crippen molar-refractivity contribution in [2.75, 3.05) is 6.61 Å². The van der Waals surface area contributed by atoms with E-state index in [0.717, 1.165) is 29.9 Å². The van der Waals surface area contributed by atoms with Gasteiger partial charge in [0.1, 0.15) is 5.75 Å². The molecule has 0 radical (unpaired) electrons. The van der Waals surface area contributed by atoms with Gasteiger partial charge in [0, 0.05) is 5.56 Å². The van der Waals surface area contributed by atoms with Crippen LogP contribution >= 0.6 is 0 Å². The van der Waals surface area contributed by atoms with Crippen molar-refractivity contribution < 1.29 is 4.74 Å². The summed E-state index contributed by atoms with van der Waals surface area (Å²) in [7, 11) is 0. The molecule has 0 saturated heterocycles. The molecule has 0 N–H and O–H groups in total. The summed E-state index contributed by atoms with van der Waals surface area (Å²) in [6.45, 7) is 10.8. The summed E-state index contributed by atoms with van der Waals surface area (Å²) in [6, 6.07) is 6.15. The summed E-state index contributed by atoms with van der Waals surface area (Å²) >= 11 is 0. The van der Waals surface area contributed by atoms with Gasteiger partial charge in [0.25, 0.3) is 0 Å². The Balaban J connectivity index is 1.84. The van der Waals surface area contributed by atoms with E-state index >= 15 is 0 Å². The Morgan fingerprint density at radius 3 is 1.48 bits per heavy atom. The molecule has 1 rings (SSSR count). The third-order valence-corrected chi connectivity index (χ3v) is 6.25. The highest BCUT2D eigenvalue weighted by molar-refractivity contribution is 5.61. The zero-order valence-electron chi connectivity index (χ0n) is 20.6. The minimum absolute atomic E-state index is 0.792. The number of ether oxygens (including phenoxy) is 1. The Bertz CT molecular complexity index is 560. The molecular weight excluding hydrogens is 376 g/mol.